The van der Waals surface area contributed by atoms with Crippen LogP contribution in [0.25, 0.3) is 0 Å². The van der Waals surface area contributed by atoms with E-state index in [1.165, 1.54) is 31.9 Å². The number of ether oxygens (including phenoxy) is 2. The number of rotatable bonds is 9. The molecular weight excluding hydrogens is 152 g/mol. The maximum absolute atomic E-state index is 5.00. The molecule has 0 N–H and O–H groups in total. The highest BCUT2D eigenvalue weighted by molar-refractivity contribution is 4.49. The summed E-state index contributed by atoms with van der Waals surface area (Å²) in [6.07, 6.45) is 7.62. The predicted octanol–water partition coefficient (Wildman–Crippen LogP) is 2.74. The van der Waals surface area contributed by atoms with E-state index < -0.39 is 0 Å². The average molecular weight is 172 g/mol. The first kappa shape index (κ1) is 11.5. The first-order valence-electron chi connectivity index (χ1n) is 4.63. The Balaban J connectivity index is 2.77. The fraction of sp³-hybridized carbons (Fsp3) is 0.800. The molecule has 0 heterocycles. The summed E-state index contributed by atoms with van der Waals surface area (Å²) in [4.78, 5) is 0. The van der Waals surface area contributed by atoms with E-state index in [9.17, 15) is 0 Å². The largest absolute Gasteiger partial charge is 0.502 e. The Morgan fingerprint density at radius 3 is 2.17 bits per heavy atom. The lowest BCUT2D eigenvalue weighted by molar-refractivity contribution is 0.191. The van der Waals surface area contributed by atoms with E-state index in [1.807, 2.05) is 0 Å². The number of methoxy groups -OCH3 is 1. The quantitative estimate of drug-likeness (QED) is 0.393. The molecule has 2 heteroatoms. The average Bonchev–Trinajstić information content (AvgIpc) is 2.10. The van der Waals surface area contributed by atoms with E-state index in [4.69, 9.17) is 9.47 Å². The molecule has 0 bridgehead atoms. The van der Waals surface area contributed by atoms with Crippen molar-refractivity contribution in [3.05, 3.63) is 12.8 Å². The van der Waals surface area contributed by atoms with E-state index in [1.54, 1.807) is 7.11 Å². The normalized spacial score (nSPS) is 9.75. The highest BCUT2D eigenvalue weighted by Gasteiger charge is 1.89. The third kappa shape index (κ3) is 9.50. The zero-order valence-electron chi connectivity index (χ0n) is 8.05. The first-order valence-corrected chi connectivity index (χ1v) is 4.63. The maximum Gasteiger partial charge on any atom is 0.0873 e. The smallest absolute Gasteiger partial charge is 0.0873 e. The minimum absolute atomic E-state index is 0.813. The lowest BCUT2D eigenvalue weighted by atomic mass is 10.1. The lowest BCUT2D eigenvalue weighted by Crippen LogP contribution is -1.90. The van der Waals surface area contributed by atoms with Crippen LogP contribution in [0.15, 0.2) is 12.8 Å². The van der Waals surface area contributed by atoms with Crippen molar-refractivity contribution in [1.29, 1.82) is 0 Å². The van der Waals surface area contributed by atoms with Crippen LogP contribution in [0.4, 0.5) is 0 Å². The minimum atomic E-state index is 0.813. The summed E-state index contributed by atoms with van der Waals surface area (Å²) in [6, 6.07) is 0. The number of hydrogen-bond donors (Lipinski definition) is 0. The molecule has 0 aromatic heterocycles. The highest BCUT2D eigenvalue weighted by atomic mass is 16.5. The summed E-state index contributed by atoms with van der Waals surface area (Å²) in [5.41, 5.74) is 0. The SMILES string of the molecule is C=COCCCCCCCOC. The molecule has 0 aliphatic carbocycles. The van der Waals surface area contributed by atoms with E-state index in [2.05, 4.69) is 6.58 Å². The first-order chi connectivity index (χ1) is 5.91. The van der Waals surface area contributed by atoms with Crippen LogP contribution in [0.5, 0.6) is 0 Å². The summed E-state index contributed by atoms with van der Waals surface area (Å²) in [7, 11) is 1.75. The van der Waals surface area contributed by atoms with Gasteiger partial charge >= 0.3 is 0 Å². The van der Waals surface area contributed by atoms with Gasteiger partial charge in [-0.05, 0) is 12.8 Å². The standard InChI is InChI=1S/C10H20O2/c1-3-12-10-8-6-4-5-7-9-11-2/h3H,1,4-10H2,2H3. The zero-order chi connectivity index (χ0) is 9.07. The van der Waals surface area contributed by atoms with Crippen molar-refractivity contribution in [2.75, 3.05) is 20.3 Å². The monoisotopic (exact) mass is 172 g/mol. The van der Waals surface area contributed by atoms with Crippen LogP contribution < -0.4 is 0 Å². The van der Waals surface area contributed by atoms with Gasteiger partial charge in [0.1, 0.15) is 0 Å². The fourth-order valence-electron chi connectivity index (χ4n) is 1.05. The third-order valence-electron chi connectivity index (χ3n) is 1.73. The van der Waals surface area contributed by atoms with Gasteiger partial charge in [0.25, 0.3) is 0 Å². The van der Waals surface area contributed by atoms with Gasteiger partial charge in [-0.3, -0.25) is 0 Å². The summed E-state index contributed by atoms with van der Waals surface area (Å²) in [5, 5.41) is 0. The Morgan fingerprint density at radius 1 is 1.00 bits per heavy atom. The Labute approximate surface area is 75.6 Å². The summed E-state index contributed by atoms with van der Waals surface area (Å²) in [6.45, 7) is 5.19. The second-order valence-electron chi connectivity index (χ2n) is 2.80. The van der Waals surface area contributed by atoms with Gasteiger partial charge in [-0.1, -0.05) is 25.8 Å². The second kappa shape index (κ2) is 10.5. The van der Waals surface area contributed by atoms with Crippen molar-refractivity contribution in [3.63, 3.8) is 0 Å². The van der Waals surface area contributed by atoms with Crippen LogP contribution in [-0.2, 0) is 9.47 Å². The molecule has 0 aromatic rings. The van der Waals surface area contributed by atoms with Crippen LogP contribution in [0.3, 0.4) is 0 Å². The van der Waals surface area contributed by atoms with Crippen molar-refractivity contribution in [1.82, 2.24) is 0 Å². The molecule has 0 saturated carbocycles. The van der Waals surface area contributed by atoms with E-state index in [-0.39, 0.29) is 0 Å². The Bertz CT molecular complexity index is 91.8. The fourth-order valence-corrected chi connectivity index (χ4v) is 1.05. The van der Waals surface area contributed by atoms with Gasteiger partial charge in [-0.2, -0.15) is 0 Å². The molecule has 2 nitrogen and oxygen atoms in total. The van der Waals surface area contributed by atoms with Crippen molar-refractivity contribution < 1.29 is 9.47 Å². The molecule has 0 amide bonds. The summed E-state index contributed by atoms with van der Waals surface area (Å²) in [5.74, 6) is 0. The lowest BCUT2D eigenvalue weighted by Gasteiger charge is -2.01. The Morgan fingerprint density at radius 2 is 1.58 bits per heavy atom. The molecular formula is C10H20O2. The van der Waals surface area contributed by atoms with Gasteiger partial charge in [-0.15, -0.1) is 0 Å². The molecule has 0 rings (SSSR count). The van der Waals surface area contributed by atoms with Gasteiger partial charge < -0.3 is 9.47 Å². The van der Waals surface area contributed by atoms with Gasteiger partial charge in [0.2, 0.25) is 0 Å². The molecule has 0 aromatic carbocycles. The van der Waals surface area contributed by atoms with Crippen LogP contribution in [-0.4, -0.2) is 20.3 Å². The topological polar surface area (TPSA) is 18.5 Å². The zero-order valence-corrected chi connectivity index (χ0v) is 8.05. The van der Waals surface area contributed by atoms with Gasteiger partial charge in [0.05, 0.1) is 12.9 Å². The molecule has 0 aliphatic heterocycles. The summed E-state index contributed by atoms with van der Waals surface area (Å²) >= 11 is 0. The van der Waals surface area contributed by atoms with E-state index in [0.29, 0.717) is 0 Å². The molecule has 0 radical (unpaired) electrons. The summed E-state index contributed by atoms with van der Waals surface area (Å²) < 4.78 is 9.95. The van der Waals surface area contributed by atoms with Crippen molar-refractivity contribution in [2.45, 2.75) is 32.1 Å². The Kier molecular flexibility index (Phi) is 10.1. The van der Waals surface area contributed by atoms with Crippen molar-refractivity contribution in [2.24, 2.45) is 0 Å². The highest BCUT2D eigenvalue weighted by Crippen LogP contribution is 2.02. The molecule has 0 unspecified atom stereocenters. The van der Waals surface area contributed by atoms with Gasteiger partial charge in [-0.25, -0.2) is 0 Å². The van der Waals surface area contributed by atoms with Crippen LogP contribution in [0.1, 0.15) is 32.1 Å². The van der Waals surface area contributed by atoms with Gasteiger partial charge in [0.15, 0.2) is 0 Å². The van der Waals surface area contributed by atoms with Crippen molar-refractivity contribution >= 4 is 0 Å². The van der Waals surface area contributed by atoms with Crippen LogP contribution in [0.2, 0.25) is 0 Å². The van der Waals surface area contributed by atoms with Crippen molar-refractivity contribution in [3.8, 4) is 0 Å². The molecule has 0 aliphatic rings. The predicted molar refractivity (Wildman–Crippen MR) is 51.1 cm³/mol. The van der Waals surface area contributed by atoms with Crippen LogP contribution >= 0.6 is 0 Å². The third-order valence-corrected chi connectivity index (χ3v) is 1.73. The number of hydrogen-bond acceptors (Lipinski definition) is 2. The molecule has 0 atom stereocenters. The molecule has 12 heavy (non-hydrogen) atoms. The van der Waals surface area contributed by atoms with Gasteiger partial charge in [0, 0.05) is 13.7 Å². The van der Waals surface area contributed by atoms with Crippen LogP contribution in [0, 0.1) is 0 Å². The second-order valence-corrected chi connectivity index (χ2v) is 2.80. The Hall–Kier alpha value is -0.500. The van der Waals surface area contributed by atoms with E-state index >= 15 is 0 Å². The molecule has 72 valence electrons. The molecule has 0 fully saturated rings. The number of unbranched alkanes of at least 4 members (excludes halogenated alkanes) is 4. The molecule has 0 saturated heterocycles. The molecule has 0 spiro atoms. The minimum Gasteiger partial charge on any atom is -0.502 e. The van der Waals surface area contributed by atoms with E-state index in [0.717, 1.165) is 19.6 Å². The maximum atomic E-state index is 5.00.